The van der Waals surface area contributed by atoms with E-state index >= 15 is 0 Å². The molecule has 3 heteroatoms. The fraction of sp³-hybridized carbons (Fsp3) is 0.0164. The highest BCUT2D eigenvalue weighted by Crippen LogP contribution is 2.62. The number of hydrogen-bond donors (Lipinski definition) is 0. The molecule has 300 valence electrons. The van der Waals surface area contributed by atoms with Crippen molar-refractivity contribution in [1.29, 1.82) is 0 Å². The van der Waals surface area contributed by atoms with Gasteiger partial charge in [0.05, 0.1) is 11.1 Å². The minimum Gasteiger partial charge on any atom is -0.456 e. The maximum absolute atomic E-state index is 7.01. The van der Waals surface area contributed by atoms with Crippen molar-refractivity contribution < 1.29 is 8.83 Å². The predicted molar refractivity (Wildman–Crippen MR) is 264 cm³/mol. The Morgan fingerprint density at radius 1 is 0.297 bits per heavy atom. The molecule has 12 aromatic rings. The van der Waals surface area contributed by atoms with Crippen molar-refractivity contribution in [2.24, 2.45) is 0 Å². The number of benzene rings is 10. The lowest BCUT2D eigenvalue weighted by molar-refractivity contribution is 0.634. The Labute approximate surface area is 370 Å². The molecule has 0 bridgehead atoms. The first-order valence-electron chi connectivity index (χ1n) is 21.9. The van der Waals surface area contributed by atoms with E-state index in [1.54, 1.807) is 0 Å². The topological polar surface area (TPSA) is 29.5 Å². The summed E-state index contributed by atoms with van der Waals surface area (Å²) < 4.78 is 14.0. The van der Waals surface area contributed by atoms with Gasteiger partial charge in [0.25, 0.3) is 0 Å². The molecule has 0 aliphatic heterocycles. The number of rotatable bonds is 7. The van der Waals surface area contributed by atoms with Crippen molar-refractivity contribution in [3.05, 3.63) is 259 Å². The summed E-state index contributed by atoms with van der Waals surface area (Å²) in [6.07, 6.45) is 0. The smallest absolute Gasteiger partial charge is 0.140 e. The van der Waals surface area contributed by atoms with Crippen LogP contribution >= 0.6 is 0 Å². The molecule has 1 aliphatic carbocycles. The standard InChI is InChI=1S/C61H39NO2/c1-3-16-40(17-4-1)42-32-36-44(37-33-42)62(45-38-34-43(35-39-45)41-18-5-2-6-19-41)55-29-15-26-52-58(55)50-22-7-10-25-51(50)61(52,53-27-13-23-48-46-20-8-11-30-56(46)63-59(48)53)54-28-14-24-49-47-21-9-12-31-57(47)64-60(49)54/h1-39H. The van der Waals surface area contributed by atoms with Gasteiger partial charge in [0.1, 0.15) is 22.3 Å². The van der Waals surface area contributed by atoms with Crippen LogP contribution in [-0.4, -0.2) is 0 Å². The Kier molecular flexibility index (Phi) is 8.13. The second kappa shape index (κ2) is 14.3. The molecule has 0 radical (unpaired) electrons. The van der Waals surface area contributed by atoms with Crippen LogP contribution in [0.3, 0.4) is 0 Å². The quantitative estimate of drug-likeness (QED) is 0.160. The minimum atomic E-state index is -0.845. The van der Waals surface area contributed by atoms with E-state index in [-0.39, 0.29) is 0 Å². The number of para-hydroxylation sites is 4. The molecule has 0 spiro atoms. The Hall–Kier alpha value is -8.40. The molecular formula is C61H39NO2. The van der Waals surface area contributed by atoms with Crippen LogP contribution in [0, 0.1) is 0 Å². The number of nitrogens with zero attached hydrogens (tertiary/aromatic N) is 1. The van der Waals surface area contributed by atoms with Crippen molar-refractivity contribution in [1.82, 2.24) is 0 Å². The first kappa shape index (κ1) is 36.3. The SMILES string of the molecule is c1ccc(-c2ccc(N(c3ccc(-c4ccccc4)cc3)c3cccc4c3-c3ccccc3C4(c3cccc4c3oc3ccccc34)c3cccc4c3oc3ccccc34)cc2)cc1. The molecule has 2 aromatic heterocycles. The molecular weight excluding hydrogens is 779 g/mol. The molecule has 0 fully saturated rings. The average molecular weight is 818 g/mol. The van der Waals surface area contributed by atoms with Crippen molar-refractivity contribution >= 4 is 60.9 Å². The molecule has 10 aromatic carbocycles. The number of fused-ring (bicyclic) bond motifs is 9. The van der Waals surface area contributed by atoms with E-state index in [4.69, 9.17) is 8.83 Å². The fourth-order valence-electron chi connectivity index (χ4n) is 10.6. The van der Waals surface area contributed by atoms with Gasteiger partial charge < -0.3 is 13.7 Å². The van der Waals surface area contributed by atoms with Gasteiger partial charge >= 0.3 is 0 Å². The monoisotopic (exact) mass is 817 g/mol. The summed E-state index contributed by atoms with van der Waals surface area (Å²) in [6.45, 7) is 0. The summed E-state index contributed by atoms with van der Waals surface area (Å²) in [5, 5.41) is 4.37. The van der Waals surface area contributed by atoms with E-state index in [1.165, 1.54) is 44.5 Å². The molecule has 3 nitrogen and oxygen atoms in total. The van der Waals surface area contributed by atoms with Crippen LogP contribution in [0.4, 0.5) is 17.1 Å². The zero-order valence-electron chi connectivity index (χ0n) is 34.8. The van der Waals surface area contributed by atoms with Crippen molar-refractivity contribution in [2.45, 2.75) is 5.41 Å². The Bertz CT molecular complexity index is 3520. The van der Waals surface area contributed by atoms with Crippen LogP contribution in [0.2, 0.25) is 0 Å². The van der Waals surface area contributed by atoms with Gasteiger partial charge in [0.15, 0.2) is 0 Å². The molecule has 0 N–H and O–H groups in total. The van der Waals surface area contributed by atoms with Gasteiger partial charge in [-0.3, -0.25) is 0 Å². The van der Waals surface area contributed by atoms with E-state index in [0.717, 1.165) is 72.1 Å². The van der Waals surface area contributed by atoms with Gasteiger partial charge in [-0.05, 0) is 81.4 Å². The third kappa shape index (κ3) is 5.34. The summed E-state index contributed by atoms with van der Waals surface area (Å²) in [5.41, 5.74) is 17.4. The van der Waals surface area contributed by atoms with Gasteiger partial charge in [-0.15, -0.1) is 0 Å². The maximum Gasteiger partial charge on any atom is 0.140 e. The van der Waals surface area contributed by atoms with Crippen LogP contribution in [0.5, 0.6) is 0 Å². The third-order valence-corrected chi connectivity index (χ3v) is 13.4. The summed E-state index contributed by atoms with van der Waals surface area (Å²) >= 11 is 0. The fourth-order valence-corrected chi connectivity index (χ4v) is 10.6. The Morgan fingerprint density at radius 3 is 1.25 bits per heavy atom. The first-order valence-corrected chi connectivity index (χ1v) is 21.9. The third-order valence-electron chi connectivity index (χ3n) is 13.4. The summed E-state index contributed by atoms with van der Waals surface area (Å²) in [4.78, 5) is 2.43. The zero-order chi connectivity index (χ0) is 42.2. The lowest BCUT2D eigenvalue weighted by Crippen LogP contribution is -2.29. The molecule has 0 amide bonds. The second-order valence-electron chi connectivity index (χ2n) is 16.7. The molecule has 0 unspecified atom stereocenters. The number of hydrogen-bond acceptors (Lipinski definition) is 3. The van der Waals surface area contributed by atoms with Gasteiger partial charge in [0.2, 0.25) is 0 Å². The van der Waals surface area contributed by atoms with Crippen LogP contribution in [-0.2, 0) is 5.41 Å². The molecule has 2 heterocycles. The largest absolute Gasteiger partial charge is 0.456 e. The van der Waals surface area contributed by atoms with E-state index < -0.39 is 5.41 Å². The summed E-state index contributed by atoms with van der Waals surface area (Å²) in [5.74, 6) is 0. The van der Waals surface area contributed by atoms with Gasteiger partial charge in [0, 0.05) is 49.6 Å². The lowest BCUT2D eigenvalue weighted by atomic mass is 9.67. The molecule has 0 atom stereocenters. The van der Waals surface area contributed by atoms with Crippen molar-refractivity contribution in [2.75, 3.05) is 4.90 Å². The van der Waals surface area contributed by atoms with Gasteiger partial charge in [-0.25, -0.2) is 0 Å². The minimum absolute atomic E-state index is 0.845. The van der Waals surface area contributed by atoms with Crippen molar-refractivity contribution in [3.8, 4) is 33.4 Å². The van der Waals surface area contributed by atoms with E-state index in [0.29, 0.717) is 0 Å². The summed E-state index contributed by atoms with van der Waals surface area (Å²) in [6, 6.07) is 85.0. The van der Waals surface area contributed by atoms with Crippen LogP contribution in [0.15, 0.2) is 245 Å². The van der Waals surface area contributed by atoms with Crippen LogP contribution in [0.25, 0.3) is 77.3 Å². The Balaban J connectivity index is 1.12. The highest BCUT2D eigenvalue weighted by molar-refractivity contribution is 6.10. The molecule has 64 heavy (non-hydrogen) atoms. The molecule has 0 saturated carbocycles. The predicted octanol–water partition coefficient (Wildman–Crippen LogP) is 16.7. The lowest BCUT2D eigenvalue weighted by Gasteiger charge is -2.34. The molecule has 0 saturated heterocycles. The van der Waals surface area contributed by atoms with Gasteiger partial charge in [-0.1, -0.05) is 194 Å². The van der Waals surface area contributed by atoms with E-state index in [1.807, 2.05) is 0 Å². The number of anilines is 3. The number of furan rings is 2. The highest BCUT2D eigenvalue weighted by Gasteiger charge is 2.50. The zero-order valence-corrected chi connectivity index (χ0v) is 34.8. The molecule has 13 rings (SSSR count). The van der Waals surface area contributed by atoms with Crippen LogP contribution < -0.4 is 4.90 Å². The second-order valence-corrected chi connectivity index (χ2v) is 16.7. The maximum atomic E-state index is 7.01. The van der Waals surface area contributed by atoms with Crippen molar-refractivity contribution in [3.63, 3.8) is 0 Å². The molecule has 1 aliphatic rings. The Morgan fingerprint density at radius 2 is 0.703 bits per heavy atom. The van der Waals surface area contributed by atoms with E-state index in [2.05, 4.69) is 241 Å². The highest BCUT2D eigenvalue weighted by atomic mass is 16.3. The first-order chi connectivity index (χ1) is 31.8. The normalized spacial score (nSPS) is 12.8. The average Bonchev–Trinajstić information content (AvgIpc) is 4.04. The summed E-state index contributed by atoms with van der Waals surface area (Å²) in [7, 11) is 0. The van der Waals surface area contributed by atoms with E-state index in [9.17, 15) is 0 Å². The van der Waals surface area contributed by atoms with Crippen LogP contribution in [0.1, 0.15) is 22.3 Å². The van der Waals surface area contributed by atoms with Gasteiger partial charge in [-0.2, -0.15) is 0 Å².